The summed E-state index contributed by atoms with van der Waals surface area (Å²) >= 11 is 0. The number of nitrogens with zero attached hydrogens (tertiary/aromatic N) is 5. The van der Waals surface area contributed by atoms with Crippen molar-refractivity contribution >= 4 is 11.3 Å². The maximum absolute atomic E-state index is 15.0. The van der Waals surface area contributed by atoms with Crippen LogP contribution in [-0.4, -0.2) is 36.1 Å². The lowest BCUT2D eigenvalue weighted by Crippen LogP contribution is -2.39. The molecule has 5 heterocycles. The Labute approximate surface area is 167 Å². The molecule has 29 heavy (non-hydrogen) atoms. The summed E-state index contributed by atoms with van der Waals surface area (Å²) in [4.78, 5) is 9.15. The summed E-state index contributed by atoms with van der Waals surface area (Å²) in [6.45, 7) is 4.96. The molecule has 2 aliphatic rings. The highest BCUT2D eigenvalue weighted by Crippen LogP contribution is 2.46. The van der Waals surface area contributed by atoms with Crippen molar-refractivity contribution in [3.05, 3.63) is 53.5 Å². The van der Waals surface area contributed by atoms with Crippen molar-refractivity contribution in [3.63, 3.8) is 0 Å². The second kappa shape index (κ2) is 5.86. The molecule has 1 aliphatic heterocycles. The zero-order valence-corrected chi connectivity index (χ0v) is 16.6. The van der Waals surface area contributed by atoms with Gasteiger partial charge in [-0.15, -0.1) is 0 Å². The maximum atomic E-state index is 15.0. The fraction of sp³-hybridized carbons (Fsp3) is 0.409. The van der Waals surface area contributed by atoms with E-state index in [4.69, 9.17) is 0 Å². The van der Waals surface area contributed by atoms with Crippen LogP contribution in [0.25, 0.3) is 22.6 Å². The molecule has 6 nitrogen and oxygen atoms in total. The fourth-order valence-corrected chi connectivity index (χ4v) is 4.74. The van der Waals surface area contributed by atoms with Crippen molar-refractivity contribution in [2.24, 2.45) is 0 Å². The van der Waals surface area contributed by atoms with E-state index in [2.05, 4.69) is 20.4 Å². The van der Waals surface area contributed by atoms with Crippen molar-refractivity contribution in [3.8, 4) is 11.3 Å². The third-order valence-corrected chi connectivity index (χ3v) is 6.45. The van der Waals surface area contributed by atoms with Gasteiger partial charge in [-0.1, -0.05) is 0 Å². The predicted molar refractivity (Wildman–Crippen MR) is 109 cm³/mol. The number of hydrogen-bond acceptors (Lipinski definition) is 4. The Morgan fingerprint density at radius 2 is 1.97 bits per heavy atom. The molecule has 4 aromatic heterocycles. The zero-order chi connectivity index (χ0) is 19.8. The van der Waals surface area contributed by atoms with E-state index in [1.54, 1.807) is 4.52 Å². The summed E-state index contributed by atoms with van der Waals surface area (Å²) in [5.41, 5.74) is 5.93. The normalized spacial score (nSPS) is 20.7. The molecule has 1 saturated heterocycles. The Hall–Kier alpha value is -2.80. The Morgan fingerprint density at radius 3 is 2.79 bits per heavy atom. The van der Waals surface area contributed by atoms with E-state index >= 15 is 0 Å². The number of aryl methyl sites for hydroxylation is 2. The molecule has 6 rings (SSSR count). The fourth-order valence-electron chi connectivity index (χ4n) is 4.74. The molecule has 148 valence electrons. The van der Waals surface area contributed by atoms with Crippen LogP contribution in [0, 0.1) is 19.7 Å². The van der Waals surface area contributed by atoms with Crippen LogP contribution in [0.1, 0.15) is 48.6 Å². The molecule has 0 amide bonds. The average Bonchev–Trinajstić information content (AvgIpc) is 3.13. The first-order valence-corrected chi connectivity index (χ1v) is 10.3. The molecule has 2 fully saturated rings. The Morgan fingerprint density at radius 1 is 1.10 bits per heavy atom. The summed E-state index contributed by atoms with van der Waals surface area (Å²) in [6, 6.07) is 3.50. The Balaban J connectivity index is 1.42. The first-order chi connectivity index (χ1) is 14.0. The number of fused-ring (bicyclic) bond motifs is 2. The molecule has 0 radical (unpaired) electrons. The molecule has 1 atom stereocenters. The summed E-state index contributed by atoms with van der Waals surface area (Å²) in [5.74, 6) is 0.0809. The largest absolute Gasteiger partial charge is 0.311 e. The van der Waals surface area contributed by atoms with Crippen LogP contribution in [0.2, 0.25) is 0 Å². The van der Waals surface area contributed by atoms with E-state index in [9.17, 15) is 4.39 Å². The molecule has 0 aromatic carbocycles. The van der Waals surface area contributed by atoms with Gasteiger partial charge in [0.25, 0.3) is 0 Å². The van der Waals surface area contributed by atoms with Gasteiger partial charge in [0.15, 0.2) is 17.1 Å². The summed E-state index contributed by atoms with van der Waals surface area (Å²) in [5, 5.41) is 8.29. The van der Waals surface area contributed by atoms with Gasteiger partial charge in [0, 0.05) is 29.4 Å². The van der Waals surface area contributed by atoms with Gasteiger partial charge in [-0.05, 0) is 63.8 Å². The highest BCUT2D eigenvalue weighted by atomic mass is 19.1. The van der Waals surface area contributed by atoms with Crippen LogP contribution in [0.15, 0.2) is 30.7 Å². The molecular weight excluding hydrogens is 367 g/mol. The quantitative estimate of drug-likeness (QED) is 0.566. The second-order valence-corrected chi connectivity index (χ2v) is 8.73. The number of hydrogen-bond donors (Lipinski definition) is 1. The van der Waals surface area contributed by atoms with Crippen molar-refractivity contribution in [2.75, 3.05) is 6.54 Å². The first-order valence-electron chi connectivity index (χ1n) is 10.3. The topological polar surface area (TPSA) is 59.5 Å². The number of halogens is 1. The van der Waals surface area contributed by atoms with Gasteiger partial charge < -0.3 is 9.72 Å². The minimum absolute atomic E-state index is 0.315. The molecule has 0 bridgehead atoms. The lowest BCUT2D eigenvalue weighted by molar-refractivity contribution is 0.342. The van der Waals surface area contributed by atoms with Crippen LogP contribution in [0.5, 0.6) is 0 Å². The van der Waals surface area contributed by atoms with E-state index < -0.39 is 0 Å². The monoisotopic (exact) mass is 390 g/mol. The number of piperidine rings is 1. The van der Waals surface area contributed by atoms with Crippen LogP contribution >= 0.6 is 0 Å². The van der Waals surface area contributed by atoms with Gasteiger partial charge in [0.05, 0.1) is 23.3 Å². The Bertz CT molecular complexity index is 1270. The van der Waals surface area contributed by atoms with Gasteiger partial charge in [-0.25, -0.2) is 18.9 Å². The van der Waals surface area contributed by atoms with Gasteiger partial charge in [-0.3, -0.25) is 0 Å². The summed E-state index contributed by atoms with van der Waals surface area (Å²) in [6.07, 6.45) is 10.5. The zero-order valence-electron chi connectivity index (χ0n) is 16.6. The summed E-state index contributed by atoms with van der Waals surface area (Å²) in [7, 11) is 0. The first kappa shape index (κ1) is 17.1. The molecule has 7 heteroatoms. The van der Waals surface area contributed by atoms with Crippen LogP contribution in [0.4, 0.5) is 4.39 Å². The predicted octanol–water partition coefficient (Wildman–Crippen LogP) is 3.80. The molecule has 1 aliphatic carbocycles. The second-order valence-electron chi connectivity index (χ2n) is 8.73. The van der Waals surface area contributed by atoms with Gasteiger partial charge >= 0.3 is 0 Å². The molecule has 1 spiro atoms. The van der Waals surface area contributed by atoms with Crippen molar-refractivity contribution in [2.45, 2.75) is 51.0 Å². The van der Waals surface area contributed by atoms with Gasteiger partial charge in [0.1, 0.15) is 0 Å². The lowest BCUT2D eigenvalue weighted by Gasteiger charge is -2.29. The number of rotatable bonds is 2. The van der Waals surface area contributed by atoms with Gasteiger partial charge in [0.2, 0.25) is 0 Å². The molecule has 1 saturated carbocycles. The van der Waals surface area contributed by atoms with Crippen LogP contribution < -0.4 is 5.32 Å². The SMILES string of the molecule is Cc1cn2nc(-c3cc(F)c4nc([C@@H]5CCNC6(CC6)C5)cn4c3)cc(C)c2n1. The third-order valence-electron chi connectivity index (χ3n) is 6.45. The van der Waals surface area contributed by atoms with Crippen LogP contribution in [-0.2, 0) is 0 Å². The molecule has 1 N–H and O–H groups in total. The average molecular weight is 390 g/mol. The van der Waals surface area contributed by atoms with Crippen molar-refractivity contribution < 1.29 is 4.39 Å². The number of nitrogens with one attached hydrogen (secondary N) is 1. The number of aromatic nitrogens is 5. The molecular formula is C22H23FN6. The minimum Gasteiger partial charge on any atom is -0.311 e. The van der Waals surface area contributed by atoms with E-state index in [0.717, 1.165) is 53.2 Å². The third kappa shape index (κ3) is 2.75. The smallest absolute Gasteiger partial charge is 0.173 e. The van der Waals surface area contributed by atoms with Crippen molar-refractivity contribution in [1.82, 2.24) is 29.3 Å². The summed E-state index contributed by atoms with van der Waals surface area (Å²) < 4.78 is 18.5. The highest BCUT2D eigenvalue weighted by molar-refractivity contribution is 5.64. The standard InChI is InChI=1S/C22H23FN6/c1-13-7-18(27-29-10-14(2)25-20(13)29)16-8-17(23)21-26-19(12-28(21)11-16)15-3-6-24-22(9-15)4-5-22/h7-8,10-12,15,24H,3-6,9H2,1-2H3/t15-/m1/s1. The lowest BCUT2D eigenvalue weighted by atomic mass is 9.88. The van der Waals surface area contributed by atoms with E-state index in [0.29, 0.717) is 17.1 Å². The van der Waals surface area contributed by atoms with Crippen molar-refractivity contribution in [1.29, 1.82) is 0 Å². The van der Waals surface area contributed by atoms with E-state index in [1.165, 1.54) is 18.9 Å². The maximum Gasteiger partial charge on any atom is 0.173 e. The minimum atomic E-state index is -0.315. The van der Waals surface area contributed by atoms with Crippen LogP contribution in [0.3, 0.4) is 0 Å². The highest BCUT2D eigenvalue weighted by Gasteiger charge is 2.46. The molecule has 0 unspecified atom stereocenters. The number of pyridine rings is 1. The van der Waals surface area contributed by atoms with E-state index in [1.807, 2.05) is 42.9 Å². The Kier molecular flexibility index (Phi) is 3.45. The van der Waals surface area contributed by atoms with E-state index in [-0.39, 0.29) is 5.82 Å². The number of imidazole rings is 2. The van der Waals surface area contributed by atoms with Gasteiger partial charge in [-0.2, -0.15) is 5.10 Å². The molecule has 4 aromatic rings.